The fraction of sp³-hybridized carbons (Fsp3) is 0.231. The van der Waals surface area contributed by atoms with Gasteiger partial charge >= 0.3 is 0 Å². The first-order chi connectivity index (χ1) is 7.58. The molecule has 2 rings (SSSR count). The van der Waals surface area contributed by atoms with Crippen LogP contribution in [0.15, 0.2) is 30.5 Å². The molecule has 1 aromatic carbocycles. The molecule has 0 N–H and O–H groups in total. The predicted molar refractivity (Wildman–Crippen MR) is 62.8 cm³/mol. The third kappa shape index (κ3) is 1.89. The number of nitrogens with zero attached hydrogens (tertiary/aromatic N) is 2. The van der Waals surface area contributed by atoms with Gasteiger partial charge < -0.3 is 5.21 Å². The lowest BCUT2D eigenvalue weighted by molar-refractivity contribution is -0.612. The molecule has 3 nitrogen and oxygen atoms in total. The molecule has 0 saturated carbocycles. The highest BCUT2D eigenvalue weighted by molar-refractivity contribution is 5.57. The van der Waals surface area contributed by atoms with Gasteiger partial charge in [-0.2, -0.15) is 4.73 Å². The molecule has 0 fully saturated rings. The van der Waals surface area contributed by atoms with Crippen LogP contribution < -0.4 is 4.73 Å². The van der Waals surface area contributed by atoms with Gasteiger partial charge in [0.25, 0.3) is 0 Å². The fourth-order valence-corrected chi connectivity index (χ4v) is 1.52. The van der Waals surface area contributed by atoms with Crippen LogP contribution in [0.5, 0.6) is 0 Å². The molecule has 2 aromatic rings. The van der Waals surface area contributed by atoms with Crippen molar-refractivity contribution in [1.29, 1.82) is 0 Å². The lowest BCUT2D eigenvalue weighted by Gasteiger charge is -2.06. The van der Waals surface area contributed by atoms with Crippen molar-refractivity contribution < 1.29 is 4.73 Å². The molecule has 0 bridgehead atoms. The number of rotatable bonds is 1. The Hall–Kier alpha value is -1.90. The van der Waals surface area contributed by atoms with Crippen molar-refractivity contribution >= 4 is 0 Å². The summed E-state index contributed by atoms with van der Waals surface area (Å²) in [6, 6.07) is 7.99. The van der Waals surface area contributed by atoms with E-state index < -0.39 is 0 Å². The zero-order valence-electron chi connectivity index (χ0n) is 9.69. The predicted octanol–water partition coefficient (Wildman–Crippen LogP) is 2.31. The molecule has 0 atom stereocenters. The normalized spacial score (nSPS) is 10.4. The molecular weight excluding hydrogens is 200 g/mol. The summed E-state index contributed by atoms with van der Waals surface area (Å²) in [5.41, 5.74) is 4.31. The van der Waals surface area contributed by atoms with E-state index in [0.29, 0.717) is 5.69 Å². The molecule has 0 unspecified atom stereocenters. The highest BCUT2D eigenvalue weighted by Crippen LogP contribution is 2.16. The summed E-state index contributed by atoms with van der Waals surface area (Å²) in [4.78, 5) is 4.41. The van der Waals surface area contributed by atoms with Crippen LogP contribution in [0.25, 0.3) is 11.3 Å². The number of hydrogen-bond donors (Lipinski definition) is 0. The fourth-order valence-electron chi connectivity index (χ4n) is 1.52. The standard InChI is InChI=1S/C13H14N2O/c1-9-4-6-12(7-5-9)13-8-15(16)11(3)10(2)14-13/h4-8H,1-3H3. The van der Waals surface area contributed by atoms with Gasteiger partial charge in [-0.3, -0.25) is 0 Å². The van der Waals surface area contributed by atoms with Gasteiger partial charge in [0, 0.05) is 12.5 Å². The van der Waals surface area contributed by atoms with Crippen LogP contribution in [0.3, 0.4) is 0 Å². The maximum atomic E-state index is 11.6. The average molecular weight is 214 g/mol. The second-order valence-corrected chi connectivity index (χ2v) is 3.99. The Balaban J connectivity index is 2.52. The van der Waals surface area contributed by atoms with E-state index in [1.807, 2.05) is 38.1 Å². The van der Waals surface area contributed by atoms with Crippen LogP contribution in [0.2, 0.25) is 0 Å². The topological polar surface area (TPSA) is 39.8 Å². The summed E-state index contributed by atoms with van der Waals surface area (Å²) in [6.07, 6.45) is 1.52. The van der Waals surface area contributed by atoms with Gasteiger partial charge in [-0.1, -0.05) is 29.8 Å². The van der Waals surface area contributed by atoms with Gasteiger partial charge in [-0.25, -0.2) is 4.98 Å². The van der Waals surface area contributed by atoms with Crippen molar-refractivity contribution in [3.63, 3.8) is 0 Å². The Morgan fingerprint density at radius 2 is 1.69 bits per heavy atom. The van der Waals surface area contributed by atoms with Gasteiger partial charge in [0.2, 0.25) is 11.9 Å². The Labute approximate surface area is 95.0 Å². The van der Waals surface area contributed by atoms with E-state index in [1.165, 1.54) is 11.8 Å². The minimum Gasteiger partial charge on any atom is -0.618 e. The van der Waals surface area contributed by atoms with E-state index in [-0.39, 0.29) is 0 Å². The lowest BCUT2D eigenvalue weighted by atomic mass is 10.1. The largest absolute Gasteiger partial charge is 0.618 e. The van der Waals surface area contributed by atoms with Crippen molar-refractivity contribution in [3.8, 4) is 11.3 Å². The van der Waals surface area contributed by atoms with E-state index in [9.17, 15) is 5.21 Å². The first kappa shape index (κ1) is 10.6. The zero-order chi connectivity index (χ0) is 11.7. The molecule has 0 aliphatic rings. The van der Waals surface area contributed by atoms with Crippen LogP contribution >= 0.6 is 0 Å². The maximum absolute atomic E-state index is 11.6. The zero-order valence-corrected chi connectivity index (χ0v) is 9.69. The first-order valence-electron chi connectivity index (χ1n) is 5.22. The Morgan fingerprint density at radius 3 is 2.25 bits per heavy atom. The highest BCUT2D eigenvalue weighted by Gasteiger charge is 2.09. The van der Waals surface area contributed by atoms with Crippen molar-refractivity contribution in [1.82, 2.24) is 4.98 Å². The second kappa shape index (κ2) is 3.93. The second-order valence-electron chi connectivity index (χ2n) is 3.99. The van der Waals surface area contributed by atoms with E-state index in [2.05, 4.69) is 4.98 Å². The molecule has 0 spiro atoms. The summed E-state index contributed by atoms with van der Waals surface area (Å²) in [6.45, 7) is 5.65. The van der Waals surface area contributed by atoms with Gasteiger partial charge in [0.1, 0.15) is 11.4 Å². The minimum absolute atomic E-state index is 0.649. The Morgan fingerprint density at radius 1 is 1.06 bits per heavy atom. The van der Waals surface area contributed by atoms with Gasteiger partial charge in [-0.15, -0.1) is 0 Å². The summed E-state index contributed by atoms with van der Waals surface area (Å²) in [5, 5.41) is 11.6. The van der Waals surface area contributed by atoms with Crippen LogP contribution in [0.4, 0.5) is 0 Å². The molecule has 3 heteroatoms. The monoisotopic (exact) mass is 214 g/mol. The highest BCUT2D eigenvalue weighted by atomic mass is 16.5. The van der Waals surface area contributed by atoms with E-state index in [1.54, 1.807) is 6.92 Å². The maximum Gasteiger partial charge on any atom is 0.210 e. The smallest absolute Gasteiger partial charge is 0.210 e. The number of aryl methyl sites for hydroxylation is 2. The van der Waals surface area contributed by atoms with Gasteiger partial charge in [-0.05, 0) is 13.8 Å². The quantitative estimate of drug-likeness (QED) is 0.540. The van der Waals surface area contributed by atoms with Crippen molar-refractivity contribution in [3.05, 3.63) is 52.6 Å². The van der Waals surface area contributed by atoms with Gasteiger partial charge in [0.05, 0.1) is 0 Å². The molecule has 1 aromatic heterocycles. The summed E-state index contributed by atoms with van der Waals surface area (Å²) in [5.74, 6) is 0. The SMILES string of the molecule is Cc1ccc(-c2c[n+]([O-])c(C)c(C)n2)cc1. The molecular formula is C13H14N2O. The van der Waals surface area contributed by atoms with E-state index >= 15 is 0 Å². The Kier molecular flexibility index (Phi) is 2.60. The molecule has 1 heterocycles. The molecule has 0 aliphatic heterocycles. The van der Waals surface area contributed by atoms with Crippen LogP contribution in [0, 0.1) is 26.0 Å². The third-order valence-corrected chi connectivity index (χ3v) is 2.73. The number of hydrogen-bond acceptors (Lipinski definition) is 2. The minimum atomic E-state index is 0.649. The third-order valence-electron chi connectivity index (χ3n) is 2.73. The van der Waals surface area contributed by atoms with Crippen LogP contribution in [0.1, 0.15) is 17.0 Å². The summed E-state index contributed by atoms with van der Waals surface area (Å²) >= 11 is 0. The van der Waals surface area contributed by atoms with Crippen molar-refractivity contribution in [2.45, 2.75) is 20.8 Å². The van der Waals surface area contributed by atoms with Crippen LogP contribution in [-0.4, -0.2) is 4.98 Å². The van der Waals surface area contributed by atoms with Gasteiger partial charge in [0.15, 0.2) is 0 Å². The Bertz CT molecular complexity index is 495. The van der Waals surface area contributed by atoms with Crippen molar-refractivity contribution in [2.75, 3.05) is 0 Å². The van der Waals surface area contributed by atoms with Crippen molar-refractivity contribution in [2.24, 2.45) is 0 Å². The summed E-state index contributed by atoms with van der Waals surface area (Å²) in [7, 11) is 0. The summed E-state index contributed by atoms with van der Waals surface area (Å²) < 4.78 is 0.873. The average Bonchev–Trinajstić information content (AvgIpc) is 2.26. The number of aromatic nitrogens is 2. The lowest BCUT2D eigenvalue weighted by Crippen LogP contribution is -2.31. The molecule has 16 heavy (non-hydrogen) atoms. The van der Waals surface area contributed by atoms with E-state index in [4.69, 9.17) is 0 Å². The van der Waals surface area contributed by atoms with Crippen LogP contribution in [-0.2, 0) is 0 Å². The number of benzene rings is 1. The first-order valence-corrected chi connectivity index (χ1v) is 5.22. The molecule has 0 aliphatic carbocycles. The molecule has 82 valence electrons. The molecule has 0 amide bonds. The molecule has 0 radical (unpaired) electrons. The molecule has 0 saturated heterocycles. The van der Waals surface area contributed by atoms with E-state index in [0.717, 1.165) is 21.7 Å².